The van der Waals surface area contributed by atoms with E-state index in [0.717, 1.165) is 25.8 Å². The number of amides is 2. The Balaban J connectivity index is 2.16. The summed E-state index contributed by atoms with van der Waals surface area (Å²) in [6.07, 6.45) is 3.21. The molecule has 5 heteroatoms. The molecule has 0 radical (unpaired) electrons. The van der Waals surface area contributed by atoms with E-state index in [1.54, 1.807) is 18.2 Å². The average molecular weight is 346 g/mol. The zero-order valence-electron chi connectivity index (χ0n) is 15.7. The molecular formula is C20H30N2O3. The van der Waals surface area contributed by atoms with Gasteiger partial charge >= 0.3 is 0 Å². The van der Waals surface area contributed by atoms with Crippen LogP contribution in [0, 0.1) is 5.92 Å². The van der Waals surface area contributed by atoms with E-state index < -0.39 is 6.04 Å². The van der Waals surface area contributed by atoms with Gasteiger partial charge in [0.1, 0.15) is 11.8 Å². The van der Waals surface area contributed by atoms with Crippen molar-refractivity contribution < 1.29 is 14.3 Å². The minimum Gasteiger partial charge on any atom is -0.493 e. The van der Waals surface area contributed by atoms with Crippen molar-refractivity contribution in [3.8, 4) is 5.75 Å². The van der Waals surface area contributed by atoms with Gasteiger partial charge in [-0.15, -0.1) is 0 Å². The molecule has 2 atom stereocenters. The van der Waals surface area contributed by atoms with Crippen molar-refractivity contribution >= 4 is 11.8 Å². The van der Waals surface area contributed by atoms with Crippen LogP contribution >= 0.6 is 0 Å². The van der Waals surface area contributed by atoms with E-state index in [1.807, 2.05) is 31.7 Å². The molecule has 1 aromatic carbocycles. The Hall–Kier alpha value is -2.04. The number of piperidine rings is 1. The highest BCUT2D eigenvalue weighted by Gasteiger charge is 2.32. The normalized spacial score (nSPS) is 18.8. The van der Waals surface area contributed by atoms with Gasteiger partial charge in [0.05, 0.1) is 12.2 Å². The van der Waals surface area contributed by atoms with Gasteiger partial charge in [0.25, 0.3) is 5.91 Å². The predicted octanol–water partition coefficient (Wildman–Crippen LogP) is 3.24. The molecule has 2 rings (SSSR count). The van der Waals surface area contributed by atoms with Gasteiger partial charge in [0.15, 0.2) is 0 Å². The van der Waals surface area contributed by atoms with E-state index in [0.29, 0.717) is 17.9 Å². The molecule has 25 heavy (non-hydrogen) atoms. The van der Waals surface area contributed by atoms with Crippen molar-refractivity contribution in [2.24, 2.45) is 5.92 Å². The van der Waals surface area contributed by atoms with Gasteiger partial charge in [0.2, 0.25) is 5.91 Å². The Morgan fingerprint density at radius 3 is 2.64 bits per heavy atom. The van der Waals surface area contributed by atoms with Crippen LogP contribution in [0.4, 0.5) is 0 Å². The van der Waals surface area contributed by atoms with Crippen LogP contribution in [0.2, 0.25) is 0 Å². The van der Waals surface area contributed by atoms with E-state index in [4.69, 9.17) is 4.74 Å². The molecule has 1 N–H and O–H groups in total. The van der Waals surface area contributed by atoms with Gasteiger partial charge in [-0.25, -0.2) is 0 Å². The largest absolute Gasteiger partial charge is 0.493 e. The third-order valence-electron chi connectivity index (χ3n) is 4.74. The first-order valence-corrected chi connectivity index (χ1v) is 9.28. The summed E-state index contributed by atoms with van der Waals surface area (Å²) < 4.78 is 5.54. The van der Waals surface area contributed by atoms with Crippen LogP contribution in [-0.2, 0) is 4.79 Å². The monoisotopic (exact) mass is 346 g/mol. The lowest BCUT2D eigenvalue weighted by Crippen LogP contribution is -2.54. The molecule has 138 valence electrons. The number of hydrogen-bond acceptors (Lipinski definition) is 3. The number of para-hydroxylation sites is 1. The number of carbonyl (C=O) groups is 2. The fourth-order valence-electron chi connectivity index (χ4n) is 3.27. The topological polar surface area (TPSA) is 58.6 Å². The maximum atomic E-state index is 13.0. The molecule has 0 aromatic heterocycles. The van der Waals surface area contributed by atoms with Crippen molar-refractivity contribution in [2.75, 3.05) is 13.2 Å². The van der Waals surface area contributed by atoms with Crippen LogP contribution in [0.15, 0.2) is 24.3 Å². The van der Waals surface area contributed by atoms with Crippen LogP contribution in [0.5, 0.6) is 5.75 Å². The molecule has 1 aliphatic heterocycles. The van der Waals surface area contributed by atoms with Crippen LogP contribution in [0.3, 0.4) is 0 Å². The van der Waals surface area contributed by atoms with E-state index in [1.165, 1.54) is 0 Å². The third-order valence-corrected chi connectivity index (χ3v) is 4.74. The molecular weight excluding hydrogens is 316 g/mol. The van der Waals surface area contributed by atoms with E-state index in [9.17, 15) is 9.59 Å². The summed E-state index contributed by atoms with van der Waals surface area (Å²) in [7, 11) is 0. The van der Waals surface area contributed by atoms with Gasteiger partial charge in [-0.05, 0) is 51.2 Å². The van der Waals surface area contributed by atoms with Gasteiger partial charge in [-0.3, -0.25) is 9.59 Å². The second-order valence-corrected chi connectivity index (χ2v) is 7.00. The maximum Gasteiger partial charge on any atom is 0.255 e. The van der Waals surface area contributed by atoms with Gasteiger partial charge in [0, 0.05) is 12.6 Å². The van der Waals surface area contributed by atoms with E-state index in [2.05, 4.69) is 12.2 Å². The molecule has 1 heterocycles. The average Bonchev–Trinajstić information content (AvgIpc) is 2.60. The van der Waals surface area contributed by atoms with Crippen molar-refractivity contribution in [3.63, 3.8) is 0 Å². The van der Waals surface area contributed by atoms with Crippen LogP contribution < -0.4 is 10.1 Å². The summed E-state index contributed by atoms with van der Waals surface area (Å²) >= 11 is 0. The van der Waals surface area contributed by atoms with Crippen LogP contribution in [0.25, 0.3) is 0 Å². The summed E-state index contributed by atoms with van der Waals surface area (Å²) in [5.74, 6) is 0.318. The molecule has 0 spiro atoms. The molecule has 0 aliphatic carbocycles. The van der Waals surface area contributed by atoms with Crippen molar-refractivity contribution in [1.29, 1.82) is 0 Å². The molecule has 2 amide bonds. The molecule has 1 fully saturated rings. The highest BCUT2D eigenvalue weighted by atomic mass is 16.5. The lowest BCUT2D eigenvalue weighted by atomic mass is 9.97. The molecule has 5 nitrogen and oxygen atoms in total. The molecule has 1 aliphatic rings. The second kappa shape index (κ2) is 8.88. The lowest BCUT2D eigenvalue weighted by Gasteiger charge is -2.37. The zero-order chi connectivity index (χ0) is 18.4. The Labute approximate surface area is 150 Å². The first-order chi connectivity index (χ1) is 12.0. The first kappa shape index (κ1) is 19.3. The molecule has 0 bridgehead atoms. The van der Waals surface area contributed by atoms with E-state index in [-0.39, 0.29) is 23.8 Å². The van der Waals surface area contributed by atoms with Gasteiger partial charge in [-0.1, -0.05) is 26.0 Å². The summed E-state index contributed by atoms with van der Waals surface area (Å²) in [6, 6.07) is 6.85. The Morgan fingerprint density at radius 1 is 1.28 bits per heavy atom. The van der Waals surface area contributed by atoms with Gasteiger partial charge in [-0.2, -0.15) is 0 Å². The van der Waals surface area contributed by atoms with Crippen molar-refractivity contribution in [2.45, 2.75) is 59.0 Å². The summed E-state index contributed by atoms with van der Waals surface area (Å²) in [5.41, 5.74) is 0.467. The van der Waals surface area contributed by atoms with Crippen LogP contribution in [0.1, 0.15) is 57.3 Å². The highest BCUT2D eigenvalue weighted by Crippen LogP contribution is 2.21. The fourth-order valence-corrected chi connectivity index (χ4v) is 3.27. The lowest BCUT2D eigenvalue weighted by molar-refractivity contribution is -0.137. The minimum absolute atomic E-state index is 0.0180. The number of likely N-dealkylation sites (tertiary alicyclic amines) is 1. The Kier molecular flexibility index (Phi) is 6.85. The highest BCUT2D eigenvalue weighted by molar-refractivity contribution is 5.99. The molecule has 0 saturated carbocycles. The third kappa shape index (κ3) is 4.74. The SMILES string of the molecule is CCOc1ccccc1C(=O)NC(C(=O)N1CCCCC1C)C(C)C. The molecule has 1 aromatic rings. The first-order valence-electron chi connectivity index (χ1n) is 9.28. The Bertz CT molecular complexity index is 600. The number of nitrogens with zero attached hydrogens (tertiary/aromatic N) is 1. The quantitative estimate of drug-likeness (QED) is 0.860. The molecule has 2 unspecified atom stereocenters. The fraction of sp³-hybridized carbons (Fsp3) is 0.600. The Morgan fingerprint density at radius 2 is 2.00 bits per heavy atom. The van der Waals surface area contributed by atoms with Crippen molar-refractivity contribution in [3.05, 3.63) is 29.8 Å². The number of carbonyl (C=O) groups excluding carboxylic acids is 2. The standard InChI is InChI=1S/C20H30N2O3/c1-5-25-17-12-7-6-11-16(17)19(23)21-18(14(2)3)20(24)22-13-9-8-10-15(22)4/h6-7,11-12,14-15,18H,5,8-10,13H2,1-4H3,(H,21,23). The zero-order valence-corrected chi connectivity index (χ0v) is 15.7. The summed E-state index contributed by atoms with van der Waals surface area (Å²) in [4.78, 5) is 27.7. The summed E-state index contributed by atoms with van der Waals surface area (Å²) in [5, 5.41) is 2.94. The van der Waals surface area contributed by atoms with E-state index >= 15 is 0 Å². The number of ether oxygens (including phenoxy) is 1. The number of rotatable bonds is 6. The number of hydrogen-bond donors (Lipinski definition) is 1. The number of benzene rings is 1. The van der Waals surface area contributed by atoms with Crippen LogP contribution in [-0.4, -0.2) is 41.9 Å². The minimum atomic E-state index is -0.525. The van der Waals surface area contributed by atoms with Crippen molar-refractivity contribution in [1.82, 2.24) is 10.2 Å². The smallest absolute Gasteiger partial charge is 0.255 e. The predicted molar refractivity (Wildman–Crippen MR) is 98.7 cm³/mol. The number of nitrogens with one attached hydrogen (secondary N) is 1. The molecule has 1 saturated heterocycles. The van der Waals surface area contributed by atoms with Gasteiger partial charge < -0.3 is 15.0 Å². The maximum absolute atomic E-state index is 13.0. The second-order valence-electron chi connectivity index (χ2n) is 7.00. The summed E-state index contributed by atoms with van der Waals surface area (Å²) in [6.45, 7) is 9.15.